The van der Waals surface area contributed by atoms with Crippen molar-refractivity contribution < 1.29 is 19.1 Å². The van der Waals surface area contributed by atoms with Crippen LogP contribution in [0.2, 0.25) is 0 Å². The van der Waals surface area contributed by atoms with Crippen LogP contribution in [0, 0.1) is 23.7 Å². The van der Waals surface area contributed by atoms with Crippen molar-refractivity contribution in [1.29, 1.82) is 0 Å². The maximum Gasteiger partial charge on any atom is 0.513 e. The second-order valence-corrected chi connectivity index (χ2v) is 4.13. The summed E-state index contributed by atoms with van der Waals surface area (Å²) >= 11 is 0. The molecule has 0 saturated heterocycles. The van der Waals surface area contributed by atoms with Gasteiger partial charge in [0.05, 0.1) is 12.2 Å². The van der Waals surface area contributed by atoms with Crippen LogP contribution in [0.25, 0.3) is 0 Å². The van der Waals surface area contributed by atoms with Gasteiger partial charge in [-0.1, -0.05) is 6.58 Å². The number of ketones is 1. The lowest BCUT2D eigenvalue weighted by atomic mass is 10.1. The fraction of sp³-hybridized carbons (Fsp3) is 0.600. The number of Topliss-reactive ketones (excluding diaryl/α,β-unsaturated/α-hetero) is 1. The zero-order chi connectivity index (χ0) is 9.87. The van der Waals surface area contributed by atoms with Crippen molar-refractivity contribution in [3.8, 4) is 0 Å². The van der Waals surface area contributed by atoms with E-state index in [2.05, 4.69) is 11.3 Å². The first-order valence-corrected chi connectivity index (χ1v) is 4.76. The van der Waals surface area contributed by atoms with E-state index in [0.29, 0.717) is 11.8 Å². The standard InChI is InChI=1S/C10H10O4/c1-2-13-10(12)14-9-5-3-4-6(7(4)9)8(5)11/h2,4-7,9H,1,3H2/t4?,5-,6?,7?,9+/m1/s1. The molecule has 4 saturated carbocycles. The summed E-state index contributed by atoms with van der Waals surface area (Å²) in [4.78, 5) is 22.5. The molecule has 0 amide bonds. The number of carbonyl (C=O) groups excluding carboxylic acids is 2. The highest BCUT2D eigenvalue weighted by molar-refractivity contribution is 5.94. The molecule has 4 heteroatoms. The Morgan fingerprint density at radius 1 is 1.57 bits per heavy atom. The topological polar surface area (TPSA) is 52.6 Å². The van der Waals surface area contributed by atoms with E-state index >= 15 is 0 Å². The molecule has 5 atom stereocenters. The molecule has 3 unspecified atom stereocenters. The summed E-state index contributed by atoms with van der Waals surface area (Å²) in [5.41, 5.74) is 0. The highest BCUT2D eigenvalue weighted by Gasteiger charge is 2.75. The molecule has 0 spiro atoms. The van der Waals surface area contributed by atoms with Gasteiger partial charge in [0.25, 0.3) is 0 Å². The van der Waals surface area contributed by atoms with Crippen molar-refractivity contribution in [1.82, 2.24) is 0 Å². The summed E-state index contributed by atoms with van der Waals surface area (Å²) in [6.45, 7) is 3.26. The van der Waals surface area contributed by atoms with Gasteiger partial charge in [-0.2, -0.15) is 0 Å². The predicted molar refractivity (Wildman–Crippen MR) is 45.1 cm³/mol. The van der Waals surface area contributed by atoms with Crippen molar-refractivity contribution in [2.24, 2.45) is 23.7 Å². The Morgan fingerprint density at radius 2 is 2.36 bits per heavy atom. The van der Waals surface area contributed by atoms with Gasteiger partial charge in [-0.05, 0) is 12.3 Å². The molecule has 0 heterocycles. The summed E-state index contributed by atoms with van der Waals surface area (Å²) in [7, 11) is 0. The molecule has 0 aromatic carbocycles. The molecule has 0 radical (unpaired) electrons. The Morgan fingerprint density at radius 3 is 2.79 bits per heavy atom. The van der Waals surface area contributed by atoms with Gasteiger partial charge >= 0.3 is 6.16 Å². The number of hydrogen-bond acceptors (Lipinski definition) is 4. The lowest BCUT2D eigenvalue weighted by Gasteiger charge is -2.13. The van der Waals surface area contributed by atoms with Crippen LogP contribution in [-0.2, 0) is 14.3 Å². The maximum absolute atomic E-state index is 11.5. The molecule has 0 aromatic rings. The van der Waals surface area contributed by atoms with Crippen molar-refractivity contribution in [3.63, 3.8) is 0 Å². The van der Waals surface area contributed by atoms with Gasteiger partial charge < -0.3 is 9.47 Å². The molecule has 4 aliphatic rings. The number of carbonyl (C=O) groups is 2. The Labute approximate surface area is 80.9 Å². The summed E-state index contributed by atoms with van der Waals surface area (Å²) in [5.74, 6) is 1.23. The van der Waals surface area contributed by atoms with Gasteiger partial charge in [-0.25, -0.2) is 4.79 Å². The smallest absolute Gasteiger partial charge is 0.430 e. The first-order valence-electron chi connectivity index (χ1n) is 4.76. The minimum atomic E-state index is -0.740. The van der Waals surface area contributed by atoms with Crippen molar-refractivity contribution >= 4 is 11.9 Å². The lowest BCUT2D eigenvalue weighted by Crippen LogP contribution is -2.23. The molecule has 0 aliphatic heterocycles. The Hall–Kier alpha value is -1.32. The summed E-state index contributed by atoms with van der Waals surface area (Å²) in [5, 5.41) is 0. The van der Waals surface area contributed by atoms with Gasteiger partial charge in [0, 0.05) is 11.8 Å². The van der Waals surface area contributed by atoms with Gasteiger partial charge in [0.2, 0.25) is 0 Å². The zero-order valence-electron chi connectivity index (χ0n) is 7.51. The van der Waals surface area contributed by atoms with Gasteiger partial charge in [0.1, 0.15) is 11.9 Å². The first-order chi connectivity index (χ1) is 6.74. The Kier molecular flexibility index (Phi) is 1.36. The molecule has 4 nitrogen and oxygen atoms in total. The van der Waals surface area contributed by atoms with Crippen molar-refractivity contribution in [3.05, 3.63) is 12.8 Å². The molecule has 4 bridgehead atoms. The van der Waals surface area contributed by atoms with E-state index in [1.807, 2.05) is 0 Å². The maximum atomic E-state index is 11.5. The summed E-state index contributed by atoms with van der Waals surface area (Å²) < 4.78 is 9.54. The number of ether oxygens (including phenoxy) is 2. The molecule has 14 heavy (non-hydrogen) atoms. The lowest BCUT2D eigenvalue weighted by molar-refractivity contribution is -0.122. The minimum Gasteiger partial charge on any atom is -0.430 e. The predicted octanol–water partition coefficient (Wildman–Crippen LogP) is 1.12. The highest BCUT2D eigenvalue weighted by Crippen LogP contribution is 2.69. The van der Waals surface area contributed by atoms with E-state index in [1.165, 1.54) is 0 Å². The molecule has 0 aromatic heterocycles. The number of hydrogen-bond donors (Lipinski definition) is 0. The Bertz CT molecular complexity index is 335. The third-order valence-corrected chi connectivity index (χ3v) is 3.64. The van der Waals surface area contributed by atoms with Crippen LogP contribution in [0.1, 0.15) is 6.42 Å². The Balaban J connectivity index is 1.69. The minimum absolute atomic E-state index is 0.0487. The van der Waals surface area contributed by atoms with E-state index in [4.69, 9.17) is 4.74 Å². The van der Waals surface area contributed by atoms with Crippen LogP contribution >= 0.6 is 0 Å². The summed E-state index contributed by atoms with van der Waals surface area (Å²) in [6.07, 6.45) is 0.981. The SMILES string of the molecule is C=COC(=O)O[C@@H]1C2C3C[C@@H]1C(=O)C32. The zero-order valence-corrected chi connectivity index (χ0v) is 7.51. The normalized spacial score (nSPS) is 46.3. The van der Waals surface area contributed by atoms with Crippen molar-refractivity contribution in [2.75, 3.05) is 0 Å². The number of rotatable bonds is 2. The second-order valence-electron chi connectivity index (χ2n) is 4.13. The molecular weight excluding hydrogens is 184 g/mol. The van der Waals surface area contributed by atoms with E-state index < -0.39 is 6.16 Å². The van der Waals surface area contributed by atoms with E-state index in [9.17, 15) is 9.59 Å². The van der Waals surface area contributed by atoms with E-state index in [0.717, 1.165) is 12.7 Å². The van der Waals surface area contributed by atoms with Crippen LogP contribution in [0.3, 0.4) is 0 Å². The van der Waals surface area contributed by atoms with Gasteiger partial charge in [-0.15, -0.1) is 0 Å². The second kappa shape index (κ2) is 2.38. The summed E-state index contributed by atoms with van der Waals surface area (Å²) in [6, 6.07) is 0. The van der Waals surface area contributed by atoms with E-state index in [-0.39, 0.29) is 23.7 Å². The quantitative estimate of drug-likeness (QED) is 0.488. The van der Waals surface area contributed by atoms with Crippen molar-refractivity contribution in [2.45, 2.75) is 12.5 Å². The third kappa shape index (κ3) is 0.786. The monoisotopic (exact) mass is 194 g/mol. The molecule has 0 N–H and O–H groups in total. The molecule has 4 fully saturated rings. The molecule has 74 valence electrons. The fourth-order valence-corrected chi connectivity index (χ4v) is 3.14. The largest absolute Gasteiger partial charge is 0.513 e. The molecular formula is C10H10O4. The van der Waals surface area contributed by atoms with E-state index in [1.54, 1.807) is 0 Å². The average molecular weight is 194 g/mol. The average Bonchev–Trinajstić information content (AvgIpc) is 2.44. The van der Waals surface area contributed by atoms with Crippen LogP contribution in [-0.4, -0.2) is 18.0 Å². The van der Waals surface area contributed by atoms with Gasteiger partial charge in [0.15, 0.2) is 0 Å². The molecule has 4 aliphatic carbocycles. The first kappa shape index (κ1) is 8.03. The van der Waals surface area contributed by atoms with Gasteiger partial charge in [-0.3, -0.25) is 4.79 Å². The highest BCUT2D eigenvalue weighted by atomic mass is 16.7. The third-order valence-electron chi connectivity index (χ3n) is 3.64. The fourth-order valence-electron chi connectivity index (χ4n) is 3.14. The molecule has 4 rings (SSSR count). The van der Waals surface area contributed by atoms with Crippen LogP contribution in [0.5, 0.6) is 0 Å². The van der Waals surface area contributed by atoms with Crippen LogP contribution < -0.4 is 0 Å². The van der Waals surface area contributed by atoms with Crippen LogP contribution in [0.4, 0.5) is 4.79 Å². The van der Waals surface area contributed by atoms with Crippen LogP contribution in [0.15, 0.2) is 12.8 Å².